The predicted octanol–water partition coefficient (Wildman–Crippen LogP) is 4.25. The quantitative estimate of drug-likeness (QED) is 0.477. The van der Waals surface area contributed by atoms with Crippen LogP contribution in [0.2, 0.25) is 0 Å². The molecule has 0 bridgehead atoms. The van der Waals surface area contributed by atoms with Crippen molar-refractivity contribution in [1.29, 1.82) is 0 Å². The summed E-state index contributed by atoms with van der Waals surface area (Å²) in [5.41, 5.74) is 0.224. The van der Waals surface area contributed by atoms with Gasteiger partial charge >= 0.3 is 7.82 Å². The summed E-state index contributed by atoms with van der Waals surface area (Å²) in [5.74, 6) is 0. The summed E-state index contributed by atoms with van der Waals surface area (Å²) >= 11 is 0. The van der Waals surface area contributed by atoms with E-state index in [1.165, 1.54) is 18.5 Å². The first kappa shape index (κ1) is 23.5. The van der Waals surface area contributed by atoms with Gasteiger partial charge in [0.15, 0.2) is 6.29 Å². The number of rotatable bonds is 12. The molecule has 1 aliphatic heterocycles. The normalized spacial score (nSPS) is 27.0. The molecule has 4 atom stereocenters. The van der Waals surface area contributed by atoms with Crippen molar-refractivity contribution in [2.45, 2.75) is 84.5 Å². The fourth-order valence-electron chi connectivity index (χ4n) is 4.07. The molecule has 1 fully saturated rings. The van der Waals surface area contributed by atoms with Crippen LogP contribution in [-0.2, 0) is 18.3 Å². The van der Waals surface area contributed by atoms with Crippen molar-refractivity contribution in [3.05, 3.63) is 0 Å². The molecule has 4 unspecified atom stereocenters. The lowest BCUT2D eigenvalue weighted by molar-refractivity contribution is -0.101. The standard InChI is InChI=1S/C17H36O6P2/c1-6-9-24(10-7-2,11-8-3)16-12-17(18)22-15(16)13-21-25(19,20)23-14(4)5/h14-18H,6-13H2,1-5H3/p+1. The maximum absolute atomic E-state index is 12.0. The molecule has 0 radical (unpaired) electrons. The van der Waals surface area contributed by atoms with E-state index < -0.39 is 27.5 Å². The van der Waals surface area contributed by atoms with Gasteiger partial charge in [-0.3, -0.25) is 9.05 Å². The molecule has 0 saturated carbocycles. The number of hydrogen-bond donors (Lipinski definition) is 2. The summed E-state index contributed by atoms with van der Waals surface area (Å²) in [6.45, 7) is 9.97. The van der Waals surface area contributed by atoms with Crippen LogP contribution >= 0.6 is 15.1 Å². The molecular weight excluding hydrogens is 362 g/mol. The molecular formula is C17H37O6P2+. The summed E-state index contributed by atoms with van der Waals surface area (Å²) < 4.78 is 27.9. The second-order valence-corrected chi connectivity index (χ2v) is 13.1. The average molecular weight is 399 g/mol. The van der Waals surface area contributed by atoms with Gasteiger partial charge in [0.05, 0.1) is 31.2 Å². The topological polar surface area (TPSA) is 85.2 Å². The molecule has 25 heavy (non-hydrogen) atoms. The minimum Gasteiger partial charge on any atom is -0.368 e. The van der Waals surface area contributed by atoms with Crippen molar-refractivity contribution < 1.29 is 28.3 Å². The highest BCUT2D eigenvalue weighted by Gasteiger charge is 2.53. The first-order valence-electron chi connectivity index (χ1n) is 9.54. The second kappa shape index (κ2) is 10.7. The Balaban J connectivity index is 2.91. The third kappa shape index (κ3) is 7.18. The van der Waals surface area contributed by atoms with E-state index in [1.807, 2.05) is 0 Å². The summed E-state index contributed by atoms with van der Waals surface area (Å²) in [7, 11) is -5.42. The van der Waals surface area contributed by atoms with Crippen LogP contribution < -0.4 is 0 Å². The first-order chi connectivity index (χ1) is 11.7. The average Bonchev–Trinajstić information content (AvgIpc) is 2.86. The van der Waals surface area contributed by atoms with Gasteiger partial charge in [-0.1, -0.05) is 20.8 Å². The van der Waals surface area contributed by atoms with Gasteiger partial charge in [0.2, 0.25) is 0 Å². The van der Waals surface area contributed by atoms with Crippen LogP contribution in [0.3, 0.4) is 0 Å². The number of phosphoric acid groups is 1. The largest absolute Gasteiger partial charge is 0.472 e. The molecule has 0 spiro atoms. The molecule has 150 valence electrons. The molecule has 2 N–H and O–H groups in total. The highest BCUT2D eigenvalue weighted by molar-refractivity contribution is 7.76. The Morgan fingerprint density at radius 2 is 1.68 bits per heavy atom. The van der Waals surface area contributed by atoms with Gasteiger partial charge < -0.3 is 14.7 Å². The minimum atomic E-state index is -4.10. The molecule has 0 aromatic carbocycles. The van der Waals surface area contributed by atoms with Crippen molar-refractivity contribution in [1.82, 2.24) is 0 Å². The van der Waals surface area contributed by atoms with Crippen LogP contribution in [0, 0.1) is 0 Å². The SMILES string of the molecule is CCC[P+](CCC)(CCC)C1CC(O)OC1COP(=O)(O)OC(C)C. The minimum absolute atomic E-state index is 0.0128. The van der Waals surface area contributed by atoms with Gasteiger partial charge in [0.25, 0.3) is 0 Å². The Hall–Kier alpha value is 0.460. The molecule has 0 aliphatic carbocycles. The number of phosphoric ester groups is 1. The lowest BCUT2D eigenvalue weighted by Gasteiger charge is -2.35. The molecule has 0 aromatic heterocycles. The van der Waals surface area contributed by atoms with Crippen LogP contribution in [0.5, 0.6) is 0 Å². The van der Waals surface area contributed by atoms with Crippen LogP contribution in [0.1, 0.15) is 60.3 Å². The summed E-state index contributed by atoms with van der Waals surface area (Å²) in [4.78, 5) is 9.81. The van der Waals surface area contributed by atoms with E-state index in [9.17, 15) is 14.6 Å². The monoisotopic (exact) mass is 399 g/mol. The van der Waals surface area contributed by atoms with Crippen molar-refractivity contribution in [2.75, 3.05) is 25.1 Å². The van der Waals surface area contributed by atoms with E-state index in [1.54, 1.807) is 13.8 Å². The Bertz CT molecular complexity index is 414. The molecule has 0 aromatic rings. The molecule has 8 heteroatoms. The van der Waals surface area contributed by atoms with Crippen molar-refractivity contribution in [3.63, 3.8) is 0 Å². The zero-order valence-corrected chi connectivity index (χ0v) is 18.2. The maximum atomic E-state index is 12.0. The van der Waals surface area contributed by atoms with E-state index in [0.29, 0.717) is 6.42 Å². The number of ether oxygens (including phenoxy) is 1. The second-order valence-electron chi connectivity index (χ2n) is 7.24. The third-order valence-electron chi connectivity index (χ3n) is 4.66. The molecule has 1 rings (SSSR count). The molecule has 1 heterocycles. The summed E-state index contributed by atoms with van der Waals surface area (Å²) in [6.07, 6.45) is 5.91. The highest BCUT2D eigenvalue weighted by atomic mass is 31.2. The molecule has 0 amide bonds. The van der Waals surface area contributed by atoms with Crippen LogP contribution in [0.25, 0.3) is 0 Å². The smallest absolute Gasteiger partial charge is 0.368 e. The lowest BCUT2D eigenvalue weighted by atomic mass is 10.2. The zero-order chi connectivity index (χ0) is 19.1. The molecule has 6 nitrogen and oxygen atoms in total. The number of aliphatic hydroxyl groups excluding tert-OH is 1. The van der Waals surface area contributed by atoms with E-state index in [-0.39, 0.29) is 18.4 Å². The first-order valence-corrected chi connectivity index (χ1v) is 13.5. The fraction of sp³-hybridized carbons (Fsp3) is 1.00. The Morgan fingerprint density at radius 1 is 1.16 bits per heavy atom. The highest BCUT2D eigenvalue weighted by Crippen LogP contribution is 2.68. The maximum Gasteiger partial charge on any atom is 0.472 e. The number of hydrogen-bond acceptors (Lipinski definition) is 5. The Kier molecular flexibility index (Phi) is 10.1. The molecule has 1 saturated heterocycles. The molecule has 1 aliphatic rings. The van der Waals surface area contributed by atoms with Gasteiger partial charge in [-0.15, -0.1) is 0 Å². The van der Waals surface area contributed by atoms with E-state index in [0.717, 1.165) is 19.3 Å². The lowest BCUT2D eigenvalue weighted by Crippen LogP contribution is -2.32. The van der Waals surface area contributed by atoms with Gasteiger partial charge in [0, 0.05) is 13.7 Å². The van der Waals surface area contributed by atoms with Crippen LogP contribution in [0.4, 0.5) is 0 Å². The van der Waals surface area contributed by atoms with Gasteiger partial charge in [0.1, 0.15) is 11.8 Å². The van der Waals surface area contributed by atoms with Crippen LogP contribution in [0.15, 0.2) is 0 Å². The van der Waals surface area contributed by atoms with E-state index >= 15 is 0 Å². The summed E-state index contributed by atoms with van der Waals surface area (Å²) in [5, 5.41) is 10.1. The van der Waals surface area contributed by atoms with Crippen molar-refractivity contribution in [3.8, 4) is 0 Å². The zero-order valence-electron chi connectivity index (χ0n) is 16.4. The van der Waals surface area contributed by atoms with Crippen molar-refractivity contribution in [2.24, 2.45) is 0 Å². The third-order valence-corrected chi connectivity index (χ3v) is 11.8. The fourth-order valence-corrected chi connectivity index (χ4v) is 10.8. The van der Waals surface area contributed by atoms with E-state index in [2.05, 4.69) is 20.8 Å². The van der Waals surface area contributed by atoms with Crippen LogP contribution in [-0.4, -0.2) is 59.2 Å². The predicted molar refractivity (Wildman–Crippen MR) is 104 cm³/mol. The summed E-state index contributed by atoms with van der Waals surface area (Å²) in [6, 6.07) is 0. The number of aliphatic hydroxyl groups is 1. The van der Waals surface area contributed by atoms with Gasteiger partial charge in [-0.05, 0) is 33.1 Å². The van der Waals surface area contributed by atoms with Gasteiger partial charge in [-0.2, -0.15) is 0 Å². The van der Waals surface area contributed by atoms with Gasteiger partial charge in [-0.25, -0.2) is 4.57 Å². The Morgan fingerprint density at radius 3 is 2.12 bits per heavy atom. The Labute approximate surface area is 153 Å². The van der Waals surface area contributed by atoms with E-state index in [4.69, 9.17) is 13.8 Å². The van der Waals surface area contributed by atoms with Crippen molar-refractivity contribution >= 4 is 15.1 Å².